The molecule has 3 rings (SSSR count). The zero-order valence-electron chi connectivity index (χ0n) is 13.1. The summed E-state index contributed by atoms with van der Waals surface area (Å²) in [5.41, 5.74) is 2.81. The summed E-state index contributed by atoms with van der Waals surface area (Å²) in [6.07, 6.45) is 1.44. The zero-order valence-corrected chi connectivity index (χ0v) is 13.1. The maximum Gasteiger partial charge on any atom is 0.291 e. The number of benzene rings is 2. The van der Waals surface area contributed by atoms with E-state index in [2.05, 4.69) is 10.6 Å². The molecule has 5 heteroatoms. The second kappa shape index (κ2) is 6.83. The molecule has 0 aliphatic carbocycles. The summed E-state index contributed by atoms with van der Waals surface area (Å²) < 4.78 is 5.03. The van der Waals surface area contributed by atoms with Crippen molar-refractivity contribution >= 4 is 23.2 Å². The van der Waals surface area contributed by atoms with Crippen LogP contribution in [-0.4, -0.2) is 11.8 Å². The molecule has 0 radical (unpaired) electrons. The highest BCUT2D eigenvalue weighted by Gasteiger charge is 2.10. The molecule has 3 aromatic rings. The fourth-order valence-electron chi connectivity index (χ4n) is 2.26. The number of furan rings is 1. The number of nitrogens with one attached hydrogen (secondary N) is 2. The summed E-state index contributed by atoms with van der Waals surface area (Å²) in [7, 11) is 0. The lowest BCUT2D eigenvalue weighted by molar-refractivity contribution is 0.0994. The van der Waals surface area contributed by atoms with Crippen LogP contribution in [0.15, 0.2) is 71.3 Å². The molecule has 5 nitrogen and oxygen atoms in total. The first-order chi connectivity index (χ1) is 11.6. The van der Waals surface area contributed by atoms with Crippen LogP contribution in [0.2, 0.25) is 0 Å². The van der Waals surface area contributed by atoms with Crippen molar-refractivity contribution in [3.63, 3.8) is 0 Å². The third-order valence-electron chi connectivity index (χ3n) is 3.54. The van der Waals surface area contributed by atoms with Crippen molar-refractivity contribution in [2.45, 2.75) is 6.92 Å². The maximum atomic E-state index is 12.3. The van der Waals surface area contributed by atoms with Crippen molar-refractivity contribution in [1.29, 1.82) is 0 Å². The van der Waals surface area contributed by atoms with Crippen LogP contribution in [0.3, 0.4) is 0 Å². The molecule has 0 spiro atoms. The van der Waals surface area contributed by atoms with Crippen LogP contribution in [-0.2, 0) is 0 Å². The summed E-state index contributed by atoms with van der Waals surface area (Å²) in [6.45, 7) is 1.89. The number of anilines is 2. The highest BCUT2D eigenvalue weighted by Crippen LogP contribution is 2.16. The van der Waals surface area contributed by atoms with E-state index in [1.54, 1.807) is 42.5 Å². The van der Waals surface area contributed by atoms with Gasteiger partial charge in [0.2, 0.25) is 0 Å². The van der Waals surface area contributed by atoms with Crippen molar-refractivity contribution in [2.75, 3.05) is 10.6 Å². The van der Waals surface area contributed by atoms with Gasteiger partial charge in [-0.3, -0.25) is 9.59 Å². The molecular weight excluding hydrogens is 304 g/mol. The molecule has 0 aliphatic rings. The van der Waals surface area contributed by atoms with Gasteiger partial charge in [-0.15, -0.1) is 0 Å². The second-order valence-corrected chi connectivity index (χ2v) is 5.28. The molecule has 0 atom stereocenters. The van der Waals surface area contributed by atoms with Gasteiger partial charge >= 0.3 is 0 Å². The number of rotatable bonds is 4. The van der Waals surface area contributed by atoms with Gasteiger partial charge in [0.25, 0.3) is 11.8 Å². The minimum atomic E-state index is -0.323. The van der Waals surface area contributed by atoms with E-state index in [0.717, 1.165) is 5.56 Å². The van der Waals surface area contributed by atoms with Gasteiger partial charge in [0.15, 0.2) is 5.76 Å². The van der Waals surface area contributed by atoms with Crippen LogP contribution in [0.1, 0.15) is 26.5 Å². The zero-order chi connectivity index (χ0) is 16.9. The fraction of sp³-hybridized carbons (Fsp3) is 0.0526. The predicted molar refractivity (Wildman–Crippen MR) is 92.2 cm³/mol. The standard InChI is InChI=1S/C19H16N2O3/c1-13-5-2-3-6-16(13)18(22)20-14-8-10-15(11-9-14)21-19(23)17-7-4-12-24-17/h2-12H,1H3,(H,20,22)(H,21,23). The van der Waals surface area contributed by atoms with E-state index < -0.39 is 0 Å². The van der Waals surface area contributed by atoms with Crippen LogP contribution >= 0.6 is 0 Å². The Balaban J connectivity index is 1.65. The van der Waals surface area contributed by atoms with E-state index >= 15 is 0 Å². The fourth-order valence-corrected chi connectivity index (χ4v) is 2.26. The SMILES string of the molecule is Cc1ccccc1C(=O)Nc1ccc(NC(=O)c2ccco2)cc1. The van der Waals surface area contributed by atoms with Crippen LogP contribution in [0, 0.1) is 6.92 Å². The van der Waals surface area contributed by atoms with E-state index in [1.165, 1.54) is 6.26 Å². The number of carbonyl (C=O) groups is 2. The van der Waals surface area contributed by atoms with Crippen molar-refractivity contribution < 1.29 is 14.0 Å². The van der Waals surface area contributed by atoms with E-state index in [0.29, 0.717) is 16.9 Å². The lowest BCUT2D eigenvalue weighted by Gasteiger charge is -2.09. The minimum Gasteiger partial charge on any atom is -0.459 e. The van der Waals surface area contributed by atoms with E-state index in [9.17, 15) is 9.59 Å². The first kappa shape index (κ1) is 15.6. The first-order valence-electron chi connectivity index (χ1n) is 7.45. The monoisotopic (exact) mass is 320 g/mol. The number of hydrogen-bond donors (Lipinski definition) is 2. The number of aryl methyl sites for hydroxylation is 1. The van der Waals surface area contributed by atoms with Crippen molar-refractivity contribution in [3.05, 3.63) is 83.8 Å². The average Bonchev–Trinajstić information content (AvgIpc) is 3.11. The average molecular weight is 320 g/mol. The molecule has 2 N–H and O–H groups in total. The summed E-state index contributed by atoms with van der Waals surface area (Å²) >= 11 is 0. The summed E-state index contributed by atoms with van der Waals surface area (Å²) in [6, 6.07) is 17.5. The smallest absolute Gasteiger partial charge is 0.291 e. The predicted octanol–water partition coefficient (Wildman–Crippen LogP) is 4.09. The van der Waals surface area contributed by atoms with Crippen LogP contribution in [0.4, 0.5) is 11.4 Å². The molecule has 1 heterocycles. The molecule has 0 aliphatic heterocycles. The largest absolute Gasteiger partial charge is 0.459 e. The molecule has 0 saturated heterocycles. The Bertz CT molecular complexity index is 853. The molecular formula is C19H16N2O3. The van der Waals surface area contributed by atoms with Gasteiger partial charge in [0.1, 0.15) is 0 Å². The third-order valence-corrected chi connectivity index (χ3v) is 3.54. The number of carbonyl (C=O) groups excluding carboxylic acids is 2. The summed E-state index contributed by atoms with van der Waals surface area (Å²) in [4.78, 5) is 24.1. The molecule has 0 saturated carbocycles. The third kappa shape index (κ3) is 3.52. The first-order valence-corrected chi connectivity index (χ1v) is 7.45. The molecule has 24 heavy (non-hydrogen) atoms. The van der Waals surface area contributed by atoms with Crippen LogP contribution < -0.4 is 10.6 Å². The quantitative estimate of drug-likeness (QED) is 0.760. The lowest BCUT2D eigenvalue weighted by Crippen LogP contribution is -2.13. The molecule has 0 unspecified atom stereocenters. The Morgan fingerprint density at radius 3 is 2.00 bits per heavy atom. The highest BCUT2D eigenvalue weighted by atomic mass is 16.3. The van der Waals surface area contributed by atoms with Gasteiger partial charge in [0.05, 0.1) is 6.26 Å². The van der Waals surface area contributed by atoms with Gasteiger partial charge < -0.3 is 15.1 Å². The highest BCUT2D eigenvalue weighted by molar-refractivity contribution is 6.05. The van der Waals surface area contributed by atoms with E-state index in [1.807, 2.05) is 25.1 Å². The Kier molecular flexibility index (Phi) is 4.43. The van der Waals surface area contributed by atoms with E-state index in [-0.39, 0.29) is 17.6 Å². The second-order valence-electron chi connectivity index (χ2n) is 5.28. The van der Waals surface area contributed by atoms with Gasteiger partial charge in [-0.2, -0.15) is 0 Å². The maximum absolute atomic E-state index is 12.3. The number of amides is 2. The van der Waals surface area contributed by atoms with Crippen molar-refractivity contribution in [1.82, 2.24) is 0 Å². The molecule has 2 aromatic carbocycles. The van der Waals surface area contributed by atoms with Gasteiger partial charge in [-0.25, -0.2) is 0 Å². The van der Waals surface area contributed by atoms with E-state index in [4.69, 9.17) is 4.42 Å². The van der Waals surface area contributed by atoms with Crippen molar-refractivity contribution in [3.8, 4) is 0 Å². The minimum absolute atomic E-state index is 0.166. The molecule has 0 bridgehead atoms. The summed E-state index contributed by atoms with van der Waals surface area (Å²) in [5.74, 6) is -0.246. The summed E-state index contributed by atoms with van der Waals surface area (Å²) in [5, 5.41) is 5.56. The van der Waals surface area contributed by atoms with Crippen LogP contribution in [0.5, 0.6) is 0 Å². The Morgan fingerprint density at radius 2 is 1.42 bits per heavy atom. The molecule has 1 aromatic heterocycles. The van der Waals surface area contributed by atoms with Gasteiger partial charge in [-0.05, 0) is 55.0 Å². The Hall–Kier alpha value is -3.34. The van der Waals surface area contributed by atoms with Gasteiger partial charge in [-0.1, -0.05) is 18.2 Å². The Morgan fingerprint density at radius 1 is 0.792 bits per heavy atom. The van der Waals surface area contributed by atoms with Gasteiger partial charge in [0, 0.05) is 16.9 Å². The lowest BCUT2D eigenvalue weighted by atomic mass is 10.1. The molecule has 120 valence electrons. The van der Waals surface area contributed by atoms with Crippen LogP contribution in [0.25, 0.3) is 0 Å². The normalized spacial score (nSPS) is 10.2. The molecule has 0 fully saturated rings. The van der Waals surface area contributed by atoms with Crippen molar-refractivity contribution in [2.24, 2.45) is 0 Å². The Labute approximate surface area is 139 Å². The molecule has 2 amide bonds. The topological polar surface area (TPSA) is 71.3 Å². The number of hydrogen-bond acceptors (Lipinski definition) is 3.